The molecule has 0 bridgehead atoms. The average Bonchev–Trinajstić information content (AvgIpc) is 2.78. The van der Waals surface area contributed by atoms with Gasteiger partial charge in [-0.25, -0.2) is 0 Å². The van der Waals surface area contributed by atoms with Gasteiger partial charge in [0, 0.05) is 42.7 Å². The van der Waals surface area contributed by atoms with Crippen LogP contribution in [0.15, 0.2) is 24.3 Å². The zero-order valence-corrected chi connectivity index (χ0v) is 17.0. The Morgan fingerprint density at radius 1 is 1.07 bits per heavy atom. The summed E-state index contributed by atoms with van der Waals surface area (Å²) in [5.41, 5.74) is -0.0480. The minimum atomic E-state index is -0.575. The average molecular weight is 416 g/mol. The molecule has 9 heteroatoms. The van der Waals surface area contributed by atoms with E-state index in [0.717, 1.165) is 25.7 Å². The van der Waals surface area contributed by atoms with Crippen LogP contribution < -0.4 is 10.6 Å². The predicted molar refractivity (Wildman–Crippen MR) is 110 cm³/mol. The van der Waals surface area contributed by atoms with E-state index >= 15 is 0 Å². The van der Waals surface area contributed by atoms with Gasteiger partial charge in [-0.15, -0.1) is 0 Å². The standard InChI is InChI=1S/C21H28N4O5/c26-19(14-22-20(27)16-7-4-8-18(13-16)25(29)30)23-17-9-11-24(12-10-17)21(28)15-5-2-1-3-6-15/h4,7-8,13,15,17H,1-3,5-6,9-12,14H2,(H,22,27)(H,23,26). The van der Waals surface area contributed by atoms with Crippen molar-refractivity contribution in [3.05, 3.63) is 39.9 Å². The lowest BCUT2D eigenvalue weighted by molar-refractivity contribution is -0.384. The predicted octanol–water partition coefficient (Wildman–Crippen LogP) is 2.01. The number of rotatable bonds is 6. The number of benzene rings is 1. The number of hydrogen-bond acceptors (Lipinski definition) is 5. The highest BCUT2D eigenvalue weighted by molar-refractivity contribution is 5.97. The number of non-ortho nitro benzene ring substituents is 1. The number of carbonyl (C=O) groups excluding carboxylic acids is 3. The number of amides is 3. The summed E-state index contributed by atoms with van der Waals surface area (Å²) in [5, 5.41) is 16.2. The van der Waals surface area contributed by atoms with Gasteiger partial charge in [0.1, 0.15) is 0 Å². The first-order valence-corrected chi connectivity index (χ1v) is 10.5. The van der Waals surface area contributed by atoms with E-state index in [4.69, 9.17) is 0 Å². The summed E-state index contributed by atoms with van der Waals surface area (Å²) in [7, 11) is 0. The zero-order valence-electron chi connectivity index (χ0n) is 17.0. The van der Waals surface area contributed by atoms with Gasteiger partial charge in [-0.2, -0.15) is 0 Å². The van der Waals surface area contributed by atoms with Crippen LogP contribution in [0, 0.1) is 16.0 Å². The largest absolute Gasteiger partial charge is 0.352 e. The highest BCUT2D eigenvalue weighted by atomic mass is 16.6. The third-order valence-corrected chi connectivity index (χ3v) is 5.85. The van der Waals surface area contributed by atoms with Crippen LogP contribution in [0.2, 0.25) is 0 Å². The number of hydrogen-bond donors (Lipinski definition) is 2. The highest BCUT2D eigenvalue weighted by Crippen LogP contribution is 2.26. The van der Waals surface area contributed by atoms with Crippen LogP contribution in [0.25, 0.3) is 0 Å². The molecule has 1 saturated heterocycles. The molecule has 1 aromatic carbocycles. The molecule has 1 aliphatic carbocycles. The first-order chi connectivity index (χ1) is 14.4. The molecule has 9 nitrogen and oxygen atoms in total. The fraction of sp³-hybridized carbons (Fsp3) is 0.571. The van der Waals surface area contributed by atoms with Crippen molar-refractivity contribution in [1.29, 1.82) is 0 Å². The van der Waals surface area contributed by atoms with Crippen LogP contribution in [-0.4, -0.2) is 53.2 Å². The summed E-state index contributed by atoms with van der Waals surface area (Å²) >= 11 is 0. The third-order valence-electron chi connectivity index (χ3n) is 5.85. The van der Waals surface area contributed by atoms with Gasteiger partial charge >= 0.3 is 0 Å². The molecule has 0 unspecified atom stereocenters. The first kappa shape index (κ1) is 21.7. The Balaban J connectivity index is 1.39. The Hall–Kier alpha value is -2.97. The van der Waals surface area contributed by atoms with Gasteiger partial charge in [-0.1, -0.05) is 25.3 Å². The van der Waals surface area contributed by atoms with E-state index in [2.05, 4.69) is 10.6 Å². The van der Waals surface area contributed by atoms with Gasteiger partial charge in [-0.05, 0) is 31.7 Å². The van der Waals surface area contributed by atoms with Crippen molar-refractivity contribution in [2.45, 2.75) is 51.0 Å². The fourth-order valence-corrected chi connectivity index (χ4v) is 4.15. The number of nitrogens with zero attached hydrogens (tertiary/aromatic N) is 2. The van der Waals surface area contributed by atoms with Crippen LogP contribution in [0.5, 0.6) is 0 Å². The van der Waals surface area contributed by atoms with E-state index < -0.39 is 10.8 Å². The second kappa shape index (κ2) is 10.2. The molecule has 162 valence electrons. The van der Waals surface area contributed by atoms with Gasteiger partial charge in [0.15, 0.2) is 0 Å². The number of likely N-dealkylation sites (tertiary alicyclic amines) is 1. The maximum atomic E-state index is 12.6. The van der Waals surface area contributed by atoms with Crippen molar-refractivity contribution in [1.82, 2.24) is 15.5 Å². The van der Waals surface area contributed by atoms with Crippen molar-refractivity contribution in [2.24, 2.45) is 5.92 Å². The fourth-order valence-electron chi connectivity index (χ4n) is 4.15. The van der Waals surface area contributed by atoms with Crippen molar-refractivity contribution in [2.75, 3.05) is 19.6 Å². The number of nitrogens with one attached hydrogen (secondary N) is 2. The van der Waals surface area contributed by atoms with Gasteiger partial charge in [0.2, 0.25) is 11.8 Å². The Bertz CT molecular complexity index is 798. The Kier molecular flexibility index (Phi) is 7.37. The topological polar surface area (TPSA) is 122 Å². The first-order valence-electron chi connectivity index (χ1n) is 10.5. The van der Waals surface area contributed by atoms with E-state index in [1.807, 2.05) is 4.90 Å². The molecule has 2 N–H and O–H groups in total. The smallest absolute Gasteiger partial charge is 0.270 e. The van der Waals surface area contributed by atoms with E-state index in [1.165, 1.54) is 30.7 Å². The van der Waals surface area contributed by atoms with E-state index in [1.54, 1.807) is 0 Å². The molecule has 2 fully saturated rings. The van der Waals surface area contributed by atoms with Crippen LogP contribution in [-0.2, 0) is 9.59 Å². The lowest BCUT2D eigenvalue weighted by Crippen LogP contribution is -2.49. The number of nitro benzene ring substituents is 1. The van der Waals surface area contributed by atoms with E-state index in [9.17, 15) is 24.5 Å². The van der Waals surface area contributed by atoms with Crippen molar-refractivity contribution >= 4 is 23.4 Å². The normalized spacial score (nSPS) is 17.9. The highest BCUT2D eigenvalue weighted by Gasteiger charge is 2.29. The summed E-state index contributed by atoms with van der Waals surface area (Å²) in [4.78, 5) is 49.1. The second-order valence-electron chi connectivity index (χ2n) is 7.99. The number of piperidine rings is 1. The number of carbonyl (C=O) groups is 3. The van der Waals surface area contributed by atoms with Crippen LogP contribution in [0.3, 0.4) is 0 Å². The van der Waals surface area contributed by atoms with E-state index in [0.29, 0.717) is 25.9 Å². The molecule has 2 aliphatic rings. The second-order valence-corrected chi connectivity index (χ2v) is 7.99. The molecule has 0 atom stereocenters. The Labute approximate surface area is 175 Å². The molecule has 3 amide bonds. The van der Waals surface area contributed by atoms with Crippen LogP contribution in [0.4, 0.5) is 5.69 Å². The maximum absolute atomic E-state index is 12.6. The Morgan fingerprint density at radius 3 is 2.43 bits per heavy atom. The summed E-state index contributed by atoms with van der Waals surface area (Å²) in [5.74, 6) is -0.440. The zero-order chi connectivity index (χ0) is 21.5. The molecule has 1 saturated carbocycles. The van der Waals surface area contributed by atoms with E-state index in [-0.39, 0.29) is 41.6 Å². The molecule has 1 heterocycles. The summed E-state index contributed by atoms with van der Waals surface area (Å²) in [6.45, 7) is 1.07. The minimum Gasteiger partial charge on any atom is -0.352 e. The SMILES string of the molecule is O=C(CNC(=O)c1cccc([N+](=O)[O-])c1)NC1CCN(C(=O)C2CCCCC2)CC1. The minimum absolute atomic E-state index is 0.0254. The lowest BCUT2D eigenvalue weighted by atomic mass is 9.87. The monoisotopic (exact) mass is 416 g/mol. The summed E-state index contributed by atoms with van der Waals surface area (Å²) in [6, 6.07) is 5.33. The molecule has 0 aromatic heterocycles. The molecule has 1 aromatic rings. The molecule has 30 heavy (non-hydrogen) atoms. The quantitative estimate of drug-likeness (QED) is 0.543. The van der Waals surface area contributed by atoms with Crippen molar-refractivity contribution < 1.29 is 19.3 Å². The van der Waals surface area contributed by atoms with Crippen LogP contribution >= 0.6 is 0 Å². The van der Waals surface area contributed by atoms with Crippen molar-refractivity contribution in [3.8, 4) is 0 Å². The van der Waals surface area contributed by atoms with Crippen molar-refractivity contribution in [3.63, 3.8) is 0 Å². The van der Waals surface area contributed by atoms with Gasteiger partial charge in [-0.3, -0.25) is 24.5 Å². The molecular weight excluding hydrogens is 388 g/mol. The maximum Gasteiger partial charge on any atom is 0.270 e. The molecule has 1 aliphatic heterocycles. The van der Waals surface area contributed by atoms with Gasteiger partial charge in [0.25, 0.3) is 11.6 Å². The van der Waals surface area contributed by atoms with Gasteiger partial charge in [0.05, 0.1) is 11.5 Å². The molecule has 0 radical (unpaired) electrons. The molecular formula is C21H28N4O5. The number of nitro groups is 1. The Morgan fingerprint density at radius 2 is 1.77 bits per heavy atom. The summed E-state index contributed by atoms with van der Waals surface area (Å²) in [6.07, 6.45) is 6.84. The summed E-state index contributed by atoms with van der Waals surface area (Å²) < 4.78 is 0. The molecule has 3 rings (SSSR count). The third kappa shape index (κ3) is 5.77. The lowest BCUT2D eigenvalue weighted by Gasteiger charge is -2.35. The molecule has 0 spiro atoms. The van der Waals surface area contributed by atoms with Gasteiger partial charge < -0.3 is 15.5 Å². The van der Waals surface area contributed by atoms with Crippen LogP contribution in [0.1, 0.15) is 55.3 Å².